The van der Waals surface area contributed by atoms with Crippen LogP contribution in [0.2, 0.25) is 0 Å². The number of allylic oxidation sites excluding steroid dienone is 1. The molecule has 0 aromatic carbocycles. The molecule has 1 aromatic rings. The Kier molecular flexibility index (Phi) is 13.3. The van der Waals surface area contributed by atoms with Crippen molar-refractivity contribution < 1.29 is 19.8 Å². The van der Waals surface area contributed by atoms with E-state index in [1.807, 2.05) is 5.38 Å². The molecule has 0 amide bonds. The lowest BCUT2D eigenvalue weighted by molar-refractivity contribution is 0.215. The molecule has 2 rings (SSSR count). The number of fused-ring (bicyclic) bond motifs is 1. The van der Waals surface area contributed by atoms with Gasteiger partial charge in [-0.1, -0.05) is 104 Å². The summed E-state index contributed by atoms with van der Waals surface area (Å²) in [5.74, 6) is 0. The van der Waals surface area contributed by atoms with Crippen molar-refractivity contribution in [2.75, 3.05) is 0 Å². The van der Waals surface area contributed by atoms with Crippen molar-refractivity contribution in [3.05, 3.63) is 21.2 Å². The zero-order valence-electron chi connectivity index (χ0n) is 21.4. The number of rotatable bonds is 18. The first kappa shape index (κ1) is 29.0. The fourth-order valence-corrected chi connectivity index (χ4v) is 9.09. The lowest BCUT2D eigenvalue weighted by Gasteiger charge is -2.24. The van der Waals surface area contributed by atoms with Crippen LogP contribution in [0.3, 0.4) is 0 Å². The molecule has 0 unspecified atom stereocenters. The molecule has 1 aromatic heterocycles. The molecule has 0 atom stereocenters. The van der Waals surface area contributed by atoms with Gasteiger partial charge in [0.1, 0.15) is 0 Å². The quantitative estimate of drug-likeness (QED) is 0.193. The highest BCUT2D eigenvalue weighted by Gasteiger charge is 2.48. The van der Waals surface area contributed by atoms with E-state index < -0.39 is 20.6 Å². The highest BCUT2D eigenvalue weighted by molar-refractivity contribution is 8.57. The van der Waals surface area contributed by atoms with Crippen LogP contribution in [-0.4, -0.2) is 20.8 Å². The molecule has 34 heavy (non-hydrogen) atoms. The van der Waals surface area contributed by atoms with E-state index in [0.29, 0.717) is 4.90 Å². The molecule has 0 saturated heterocycles. The molecule has 1 aliphatic heterocycles. The van der Waals surface area contributed by atoms with E-state index in [9.17, 15) is 19.8 Å². The molecular formula is C28H46O4S2. The summed E-state index contributed by atoms with van der Waals surface area (Å²) in [5, 5.41) is 21.5. The molecule has 0 spiro atoms. The average Bonchev–Trinajstić information content (AvgIpc) is 3.37. The molecule has 0 saturated carbocycles. The lowest BCUT2D eigenvalue weighted by Crippen LogP contribution is -2.16. The summed E-state index contributed by atoms with van der Waals surface area (Å²) >= 11 is 1.56. The first-order valence-corrected chi connectivity index (χ1v) is 16.2. The molecule has 4 nitrogen and oxygen atoms in total. The van der Waals surface area contributed by atoms with E-state index in [1.54, 1.807) is 16.7 Å². The van der Waals surface area contributed by atoms with Gasteiger partial charge in [0, 0.05) is 19.8 Å². The van der Waals surface area contributed by atoms with Crippen molar-refractivity contribution in [3.63, 3.8) is 0 Å². The van der Waals surface area contributed by atoms with Crippen LogP contribution in [-0.2, 0) is 6.42 Å². The molecular weight excluding hydrogens is 464 g/mol. The van der Waals surface area contributed by atoms with Crippen LogP contribution in [0, 0.1) is 0 Å². The summed E-state index contributed by atoms with van der Waals surface area (Å²) in [6.45, 7) is 4.46. The van der Waals surface area contributed by atoms with E-state index in [4.69, 9.17) is 0 Å². The van der Waals surface area contributed by atoms with Gasteiger partial charge < -0.3 is 10.2 Å². The van der Waals surface area contributed by atoms with Crippen LogP contribution in [0.1, 0.15) is 133 Å². The van der Waals surface area contributed by atoms with Crippen molar-refractivity contribution in [1.82, 2.24) is 0 Å². The molecule has 1 aliphatic rings. The highest BCUT2D eigenvalue weighted by Crippen LogP contribution is 2.68. The second-order valence-corrected chi connectivity index (χ2v) is 13.2. The fourth-order valence-electron chi connectivity index (χ4n) is 4.88. The number of carbonyl (C=O) groups is 2. The van der Waals surface area contributed by atoms with Gasteiger partial charge in [0.2, 0.25) is 0 Å². The van der Waals surface area contributed by atoms with Gasteiger partial charge in [0.15, 0.2) is 0 Å². The van der Waals surface area contributed by atoms with Gasteiger partial charge in [0.05, 0.1) is 0 Å². The maximum absolute atomic E-state index is 12.3. The third-order valence-corrected chi connectivity index (χ3v) is 11.0. The molecule has 0 fully saturated rings. The van der Waals surface area contributed by atoms with Gasteiger partial charge in [-0.2, -0.15) is 0 Å². The topological polar surface area (TPSA) is 74.6 Å². The molecule has 0 radical (unpaired) electrons. The molecule has 0 bridgehead atoms. The minimum absolute atomic E-state index is 0.634. The van der Waals surface area contributed by atoms with Crippen molar-refractivity contribution in [3.8, 4) is 0 Å². The maximum Gasteiger partial charge on any atom is 0.364 e. The summed E-state index contributed by atoms with van der Waals surface area (Å²) in [7, 11) is -3.02. The summed E-state index contributed by atoms with van der Waals surface area (Å²) in [6.07, 6.45) is 21.1. The smallest absolute Gasteiger partial charge is 0.364 e. The first-order chi connectivity index (χ1) is 16.5. The molecule has 6 heteroatoms. The van der Waals surface area contributed by atoms with Crippen LogP contribution in [0.25, 0.3) is 5.57 Å². The van der Waals surface area contributed by atoms with Gasteiger partial charge in [-0.3, -0.25) is 0 Å². The third-order valence-electron chi connectivity index (χ3n) is 6.90. The highest BCUT2D eigenvalue weighted by atomic mass is 32.3. The van der Waals surface area contributed by atoms with Gasteiger partial charge in [0.25, 0.3) is 0 Å². The zero-order chi connectivity index (χ0) is 24.8. The van der Waals surface area contributed by atoms with E-state index in [-0.39, 0.29) is 0 Å². The summed E-state index contributed by atoms with van der Waals surface area (Å²) < 4.78 is 0. The van der Waals surface area contributed by atoms with E-state index in [2.05, 4.69) is 13.8 Å². The van der Waals surface area contributed by atoms with Crippen LogP contribution < -0.4 is 0 Å². The minimum Gasteiger partial charge on any atom is -0.473 e. The molecule has 0 aliphatic carbocycles. The standard InChI is InChI=1S/C28H46O4S2/c1-3-5-7-9-11-13-15-17-19-23-21-33-25-24(20-18-16-14-12-10-8-6-4-2)22-34(26(23)25,27(29)30)28(31)32/h21-22H,3-20H2,1-2H3,(H,29,30)(H,31,32). The minimum atomic E-state index is -3.02. The van der Waals surface area contributed by atoms with Gasteiger partial charge >= 0.3 is 10.6 Å². The average molecular weight is 511 g/mol. The predicted octanol–water partition coefficient (Wildman–Crippen LogP) is 10.8. The monoisotopic (exact) mass is 510 g/mol. The Balaban J connectivity index is 1.96. The van der Waals surface area contributed by atoms with Gasteiger partial charge in [-0.25, -0.2) is 9.59 Å². The van der Waals surface area contributed by atoms with Crippen LogP contribution in [0.15, 0.2) is 15.7 Å². The number of hydrogen-bond donors (Lipinski definition) is 2. The molecule has 194 valence electrons. The van der Waals surface area contributed by atoms with Crippen molar-refractivity contribution in [1.29, 1.82) is 0 Å². The number of unbranched alkanes of at least 4 members (excludes halogenated alkanes) is 14. The van der Waals surface area contributed by atoms with Gasteiger partial charge in [-0.15, -0.1) is 11.3 Å². The van der Waals surface area contributed by atoms with Crippen molar-refractivity contribution in [2.45, 2.75) is 134 Å². The zero-order valence-corrected chi connectivity index (χ0v) is 23.0. The van der Waals surface area contributed by atoms with Gasteiger partial charge in [-0.05, 0) is 47.6 Å². The summed E-state index contributed by atoms with van der Waals surface area (Å²) in [4.78, 5) is 26.3. The Hall–Kier alpha value is -1.27. The fraction of sp³-hybridized carbons (Fsp3) is 0.714. The van der Waals surface area contributed by atoms with E-state index >= 15 is 0 Å². The second-order valence-electron chi connectivity index (χ2n) is 9.70. The maximum atomic E-state index is 12.3. The largest absolute Gasteiger partial charge is 0.473 e. The van der Waals surface area contributed by atoms with Crippen LogP contribution in [0.4, 0.5) is 9.59 Å². The van der Waals surface area contributed by atoms with Crippen molar-refractivity contribution >= 4 is 37.5 Å². The van der Waals surface area contributed by atoms with Crippen molar-refractivity contribution in [2.24, 2.45) is 0 Å². The Morgan fingerprint density at radius 1 is 0.706 bits per heavy atom. The Labute approximate surface area is 212 Å². The number of thiophene rings is 1. The third kappa shape index (κ3) is 7.87. The number of carboxylic acid groups (broad SMARTS) is 2. The Bertz CT molecular complexity index is 782. The summed E-state index contributed by atoms with van der Waals surface area (Å²) in [6, 6.07) is 0. The van der Waals surface area contributed by atoms with E-state index in [1.165, 1.54) is 77.0 Å². The van der Waals surface area contributed by atoms with Crippen LogP contribution in [0.5, 0.6) is 0 Å². The summed E-state index contributed by atoms with van der Waals surface area (Å²) in [5.41, 5.74) is 1.93. The SMILES string of the molecule is CCCCCCCCCCC1=CS(C(=O)O)(C(=O)O)c2c(CCCCCCCCCC)csc21. The molecule has 2 N–H and O–H groups in total. The van der Waals surface area contributed by atoms with E-state index in [0.717, 1.165) is 54.5 Å². The predicted molar refractivity (Wildman–Crippen MR) is 148 cm³/mol. The molecule has 2 heterocycles. The second kappa shape index (κ2) is 15.7. The first-order valence-electron chi connectivity index (χ1n) is 13.6. The number of aryl methyl sites for hydroxylation is 1. The Morgan fingerprint density at radius 2 is 1.15 bits per heavy atom. The Morgan fingerprint density at radius 3 is 1.62 bits per heavy atom. The van der Waals surface area contributed by atoms with Crippen LogP contribution >= 0.6 is 21.4 Å². The lowest BCUT2D eigenvalue weighted by atomic mass is 10.0. The number of hydrogen-bond acceptors (Lipinski definition) is 3. The normalized spacial score (nSPS) is 15.2.